The van der Waals surface area contributed by atoms with Crippen molar-refractivity contribution >= 4 is 8.32 Å². The molecule has 3 aromatic rings. The second-order valence-electron chi connectivity index (χ2n) is 10.1. The monoisotopic (exact) mass is 435 g/mol. The average Bonchev–Trinajstić information content (AvgIpc) is 3.32. The van der Waals surface area contributed by atoms with Gasteiger partial charge in [-0.25, -0.2) is 4.98 Å². The zero-order valence-corrected chi connectivity index (χ0v) is 20.4. The first-order valence-corrected chi connectivity index (χ1v) is 14.0. The van der Waals surface area contributed by atoms with Crippen LogP contribution in [0.1, 0.15) is 49.7 Å². The van der Waals surface area contributed by atoms with Gasteiger partial charge in [0.15, 0.2) is 8.32 Å². The molecule has 31 heavy (non-hydrogen) atoms. The predicted octanol–water partition coefficient (Wildman–Crippen LogP) is 7.25. The number of aromatic nitrogens is 1. The van der Waals surface area contributed by atoms with Gasteiger partial charge in [-0.3, -0.25) is 0 Å². The van der Waals surface area contributed by atoms with Gasteiger partial charge in [-0.15, -0.1) is 0 Å². The van der Waals surface area contributed by atoms with Gasteiger partial charge in [-0.1, -0.05) is 45.0 Å². The molecule has 2 atom stereocenters. The molecular weight excluding hydrogens is 402 g/mol. The van der Waals surface area contributed by atoms with E-state index in [-0.39, 0.29) is 11.1 Å². The zero-order valence-electron chi connectivity index (χ0n) is 19.4. The summed E-state index contributed by atoms with van der Waals surface area (Å²) in [6.45, 7) is 13.3. The van der Waals surface area contributed by atoms with Gasteiger partial charge < -0.3 is 13.6 Å². The highest BCUT2D eigenvalue weighted by Gasteiger charge is 2.43. The summed E-state index contributed by atoms with van der Waals surface area (Å²) < 4.78 is 18.9. The maximum Gasteiger partial charge on any atom is 0.222 e. The topological polar surface area (TPSA) is 44.5 Å². The van der Waals surface area contributed by atoms with Gasteiger partial charge in [0.25, 0.3) is 0 Å². The molecule has 0 aliphatic heterocycles. The fourth-order valence-electron chi connectivity index (χ4n) is 3.88. The molecule has 0 saturated carbocycles. The lowest BCUT2D eigenvalue weighted by Crippen LogP contribution is -2.43. The van der Waals surface area contributed by atoms with Crippen molar-refractivity contribution < 1.29 is 13.6 Å². The molecular formula is C26H33NO3Si. The third-order valence-electron chi connectivity index (χ3n) is 6.66. The number of ether oxygens (including phenoxy) is 1. The number of benzene rings is 2. The van der Waals surface area contributed by atoms with Crippen molar-refractivity contribution in [2.75, 3.05) is 0 Å². The Kier molecular flexibility index (Phi) is 5.84. The maximum absolute atomic E-state index is 6.89. The molecule has 164 valence electrons. The number of hydrogen-bond acceptors (Lipinski definition) is 4. The van der Waals surface area contributed by atoms with Crippen LogP contribution < -0.4 is 4.74 Å². The minimum absolute atomic E-state index is 0.120. The highest BCUT2D eigenvalue weighted by molar-refractivity contribution is 6.74. The summed E-state index contributed by atoms with van der Waals surface area (Å²) in [4.78, 5) is 4.57. The smallest absolute Gasteiger partial charge is 0.222 e. The Morgan fingerprint density at radius 2 is 1.71 bits per heavy atom. The van der Waals surface area contributed by atoms with E-state index >= 15 is 0 Å². The van der Waals surface area contributed by atoms with Gasteiger partial charge in [-0.2, -0.15) is 0 Å². The van der Waals surface area contributed by atoms with Gasteiger partial charge in [-0.05, 0) is 73.3 Å². The van der Waals surface area contributed by atoms with Gasteiger partial charge in [0.1, 0.15) is 23.4 Å². The summed E-state index contributed by atoms with van der Waals surface area (Å²) >= 11 is 0. The lowest BCUT2D eigenvalue weighted by Gasteiger charge is -2.40. The largest absolute Gasteiger partial charge is 0.457 e. The average molecular weight is 436 g/mol. The lowest BCUT2D eigenvalue weighted by molar-refractivity contribution is 0.0935. The normalized spacial score (nSPS) is 17.4. The van der Waals surface area contributed by atoms with Crippen molar-refractivity contribution in [2.45, 2.75) is 64.8 Å². The Labute approximate surface area is 186 Å². The molecule has 0 spiro atoms. The highest BCUT2D eigenvalue weighted by Crippen LogP contribution is 2.45. The van der Waals surface area contributed by atoms with Crippen molar-refractivity contribution in [1.82, 2.24) is 4.98 Å². The van der Waals surface area contributed by atoms with E-state index in [0.717, 1.165) is 30.1 Å². The number of fused-ring (bicyclic) bond motifs is 1. The third kappa shape index (κ3) is 4.78. The summed E-state index contributed by atoms with van der Waals surface area (Å²) in [5.74, 6) is 3.56. The number of para-hydroxylation sites is 1. The molecule has 4 nitrogen and oxygen atoms in total. The number of oxazole rings is 1. The molecule has 5 heteroatoms. The van der Waals surface area contributed by atoms with Gasteiger partial charge >= 0.3 is 0 Å². The number of rotatable bonds is 6. The van der Waals surface area contributed by atoms with Crippen molar-refractivity contribution in [2.24, 2.45) is 5.92 Å². The predicted molar refractivity (Wildman–Crippen MR) is 126 cm³/mol. The molecule has 0 amide bonds. The first-order chi connectivity index (χ1) is 14.6. The third-order valence-corrected chi connectivity index (χ3v) is 11.1. The Balaban J connectivity index is 1.57. The van der Waals surface area contributed by atoms with Crippen molar-refractivity contribution in [3.05, 3.63) is 77.5 Å². The van der Waals surface area contributed by atoms with Gasteiger partial charge in [0, 0.05) is 5.92 Å². The quantitative estimate of drug-likeness (QED) is 0.382. The van der Waals surface area contributed by atoms with E-state index < -0.39 is 8.32 Å². The van der Waals surface area contributed by atoms with E-state index in [0.29, 0.717) is 11.8 Å². The first kappa shape index (κ1) is 21.8. The standard InChI is InChI=1S/C26H33NO3Si/c1-18-17-27-25(28-18)24(30-31(5,6)26(2,3)4)21-14-19-12-13-23(16-20(19)15-21)29-22-10-8-7-9-11-22/h7-13,16-17,21,24H,14-15H2,1-6H3. The van der Waals surface area contributed by atoms with Crippen molar-refractivity contribution in [3.8, 4) is 11.5 Å². The van der Waals surface area contributed by atoms with Crippen molar-refractivity contribution in [3.63, 3.8) is 0 Å². The van der Waals surface area contributed by atoms with Crippen LogP contribution in [0, 0.1) is 12.8 Å². The Morgan fingerprint density at radius 1 is 1.00 bits per heavy atom. The van der Waals surface area contributed by atoms with Crippen LogP contribution in [-0.2, 0) is 17.3 Å². The molecule has 0 fully saturated rings. The van der Waals surface area contributed by atoms with Crippen molar-refractivity contribution in [1.29, 1.82) is 0 Å². The Bertz CT molecular complexity index is 1040. The Hall–Kier alpha value is -2.37. The second kappa shape index (κ2) is 8.28. The molecule has 1 aliphatic rings. The summed E-state index contributed by atoms with van der Waals surface area (Å²) in [5, 5.41) is 0.120. The van der Waals surface area contributed by atoms with Crippen LogP contribution in [0.15, 0.2) is 59.1 Å². The van der Waals surface area contributed by atoms with Crippen LogP contribution in [0.5, 0.6) is 11.5 Å². The minimum atomic E-state index is -2.00. The molecule has 0 saturated heterocycles. The number of nitrogens with zero attached hydrogens (tertiary/aromatic N) is 1. The summed E-state index contributed by atoms with van der Waals surface area (Å²) in [6.07, 6.45) is 3.55. The molecule has 1 heterocycles. The van der Waals surface area contributed by atoms with E-state index in [4.69, 9.17) is 13.6 Å². The molecule has 0 radical (unpaired) electrons. The van der Waals surface area contributed by atoms with E-state index in [9.17, 15) is 0 Å². The zero-order chi connectivity index (χ0) is 22.2. The van der Waals surface area contributed by atoms with Crippen LogP contribution in [0.4, 0.5) is 0 Å². The fraction of sp³-hybridized carbons (Fsp3) is 0.423. The number of aryl methyl sites for hydroxylation is 1. The van der Waals surface area contributed by atoms with Gasteiger partial charge in [0.05, 0.1) is 6.20 Å². The molecule has 0 N–H and O–H groups in total. The van der Waals surface area contributed by atoms with Crippen LogP contribution in [0.3, 0.4) is 0 Å². The molecule has 2 aromatic carbocycles. The second-order valence-corrected chi connectivity index (χ2v) is 14.9. The Morgan fingerprint density at radius 3 is 2.35 bits per heavy atom. The molecule has 1 aliphatic carbocycles. The number of hydrogen-bond donors (Lipinski definition) is 0. The summed E-state index contributed by atoms with van der Waals surface area (Å²) in [7, 11) is -2.00. The molecule has 0 bridgehead atoms. The van der Waals surface area contributed by atoms with Crippen LogP contribution in [0.25, 0.3) is 0 Å². The lowest BCUT2D eigenvalue weighted by atomic mass is 9.99. The van der Waals surface area contributed by atoms with Crippen LogP contribution in [0.2, 0.25) is 18.1 Å². The van der Waals surface area contributed by atoms with E-state index in [1.54, 1.807) is 6.20 Å². The fourth-order valence-corrected chi connectivity index (χ4v) is 5.16. The van der Waals surface area contributed by atoms with E-state index in [1.165, 1.54) is 11.1 Å². The summed E-state index contributed by atoms with van der Waals surface area (Å²) in [6, 6.07) is 16.3. The van der Waals surface area contributed by atoms with E-state index in [1.807, 2.05) is 37.3 Å². The van der Waals surface area contributed by atoms with Crippen LogP contribution in [-0.4, -0.2) is 13.3 Å². The molecule has 2 unspecified atom stereocenters. The molecule has 4 rings (SSSR count). The van der Waals surface area contributed by atoms with Crippen LogP contribution >= 0.6 is 0 Å². The molecule has 1 aromatic heterocycles. The first-order valence-electron chi connectivity index (χ1n) is 11.1. The maximum atomic E-state index is 6.89. The highest BCUT2D eigenvalue weighted by atomic mass is 28.4. The minimum Gasteiger partial charge on any atom is -0.457 e. The van der Waals surface area contributed by atoms with E-state index in [2.05, 4.69) is 57.0 Å². The summed E-state index contributed by atoms with van der Waals surface area (Å²) in [5.41, 5.74) is 2.68. The SMILES string of the molecule is Cc1cnc(C(O[Si](C)(C)C(C)(C)C)C2Cc3ccc(Oc4ccccc4)cc3C2)o1. The van der Waals surface area contributed by atoms with Gasteiger partial charge in [0.2, 0.25) is 5.89 Å².